The van der Waals surface area contributed by atoms with Crippen molar-refractivity contribution < 1.29 is 9.15 Å². The molecule has 0 saturated carbocycles. The van der Waals surface area contributed by atoms with E-state index in [1.54, 1.807) is 0 Å². The fourth-order valence-electron chi connectivity index (χ4n) is 2.44. The summed E-state index contributed by atoms with van der Waals surface area (Å²) < 4.78 is 11.0. The molecular formula is C16H20O3. The van der Waals surface area contributed by atoms with E-state index in [-0.39, 0.29) is 5.63 Å². The Morgan fingerprint density at radius 3 is 2.47 bits per heavy atom. The van der Waals surface area contributed by atoms with Crippen LogP contribution in [0.3, 0.4) is 0 Å². The van der Waals surface area contributed by atoms with E-state index < -0.39 is 0 Å². The predicted molar refractivity (Wildman–Crippen MR) is 77.1 cm³/mol. The molecule has 2 rings (SSSR count). The topological polar surface area (TPSA) is 39.4 Å². The Balaban J connectivity index is 2.77. The molecule has 0 N–H and O–H groups in total. The van der Waals surface area contributed by atoms with E-state index in [1.807, 2.05) is 26.8 Å². The fourth-order valence-corrected chi connectivity index (χ4v) is 2.44. The average molecular weight is 260 g/mol. The van der Waals surface area contributed by atoms with Crippen molar-refractivity contribution in [2.45, 2.75) is 40.5 Å². The fraction of sp³-hybridized carbons (Fsp3) is 0.438. The van der Waals surface area contributed by atoms with Gasteiger partial charge in [0.15, 0.2) is 0 Å². The van der Waals surface area contributed by atoms with E-state index in [0.29, 0.717) is 18.6 Å². The van der Waals surface area contributed by atoms with Gasteiger partial charge < -0.3 is 9.15 Å². The molecular weight excluding hydrogens is 240 g/mol. The Kier molecular flexibility index (Phi) is 3.93. The first-order chi connectivity index (χ1) is 9.12. The summed E-state index contributed by atoms with van der Waals surface area (Å²) in [6, 6.07) is 3.92. The maximum atomic E-state index is 11.9. The standard InChI is InChI=1S/C16H20O3/c1-5-11-8-13-10(4)12(6-2)16(17)19-15(13)9-14(11)18-7-3/h8-9H,5-7H2,1-4H3. The molecule has 0 unspecified atom stereocenters. The quantitative estimate of drug-likeness (QED) is 0.788. The highest BCUT2D eigenvalue weighted by Gasteiger charge is 2.13. The minimum atomic E-state index is -0.237. The third-order valence-electron chi connectivity index (χ3n) is 3.50. The van der Waals surface area contributed by atoms with Crippen molar-refractivity contribution in [1.82, 2.24) is 0 Å². The summed E-state index contributed by atoms with van der Waals surface area (Å²) in [5, 5.41) is 1.01. The second-order valence-corrected chi connectivity index (χ2v) is 4.59. The number of aryl methyl sites for hydroxylation is 2. The Hall–Kier alpha value is -1.77. The van der Waals surface area contributed by atoms with Gasteiger partial charge in [0.2, 0.25) is 0 Å². The molecule has 0 radical (unpaired) electrons. The van der Waals surface area contributed by atoms with E-state index in [2.05, 4.69) is 13.0 Å². The number of hydrogen-bond acceptors (Lipinski definition) is 3. The van der Waals surface area contributed by atoms with Gasteiger partial charge in [-0.25, -0.2) is 4.79 Å². The molecule has 1 aromatic heterocycles. The van der Waals surface area contributed by atoms with E-state index in [0.717, 1.165) is 34.2 Å². The van der Waals surface area contributed by atoms with E-state index in [9.17, 15) is 4.79 Å². The SMILES string of the molecule is CCOc1cc2oc(=O)c(CC)c(C)c2cc1CC. The molecule has 1 heterocycles. The van der Waals surface area contributed by atoms with Gasteiger partial charge in [0.05, 0.1) is 6.61 Å². The van der Waals surface area contributed by atoms with Crippen LogP contribution >= 0.6 is 0 Å². The first-order valence-corrected chi connectivity index (χ1v) is 6.84. The smallest absolute Gasteiger partial charge is 0.339 e. The molecule has 0 spiro atoms. The molecule has 3 heteroatoms. The first-order valence-electron chi connectivity index (χ1n) is 6.84. The van der Waals surface area contributed by atoms with Crippen LogP contribution in [0.2, 0.25) is 0 Å². The zero-order valence-corrected chi connectivity index (χ0v) is 12.0. The normalized spacial score (nSPS) is 10.9. The Morgan fingerprint density at radius 2 is 1.89 bits per heavy atom. The molecule has 0 atom stereocenters. The van der Waals surface area contributed by atoms with Crippen LogP contribution in [-0.4, -0.2) is 6.61 Å². The van der Waals surface area contributed by atoms with Gasteiger partial charge in [-0.1, -0.05) is 13.8 Å². The number of hydrogen-bond donors (Lipinski definition) is 0. The van der Waals surface area contributed by atoms with Gasteiger partial charge in [0.1, 0.15) is 11.3 Å². The maximum absolute atomic E-state index is 11.9. The third kappa shape index (κ3) is 2.37. The minimum absolute atomic E-state index is 0.237. The molecule has 19 heavy (non-hydrogen) atoms. The van der Waals surface area contributed by atoms with Crippen molar-refractivity contribution in [2.75, 3.05) is 6.61 Å². The third-order valence-corrected chi connectivity index (χ3v) is 3.50. The lowest BCUT2D eigenvalue weighted by Crippen LogP contribution is -2.09. The predicted octanol–water partition coefficient (Wildman–Crippen LogP) is 3.62. The lowest BCUT2D eigenvalue weighted by molar-refractivity contribution is 0.336. The van der Waals surface area contributed by atoms with Crippen LogP contribution in [0.15, 0.2) is 21.3 Å². The Labute approximate surface area is 113 Å². The molecule has 0 aliphatic rings. The summed E-state index contributed by atoms with van der Waals surface area (Å²) >= 11 is 0. The van der Waals surface area contributed by atoms with Crippen molar-refractivity contribution >= 4 is 11.0 Å². The summed E-state index contributed by atoms with van der Waals surface area (Å²) in [4.78, 5) is 11.9. The monoisotopic (exact) mass is 260 g/mol. The average Bonchev–Trinajstić information content (AvgIpc) is 2.39. The van der Waals surface area contributed by atoms with E-state index in [4.69, 9.17) is 9.15 Å². The molecule has 0 fully saturated rings. The van der Waals surface area contributed by atoms with Gasteiger partial charge in [-0.2, -0.15) is 0 Å². The zero-order chi connectivity index (χ0) is 14.0. The van der Waals surface area contributed by atoms with E-state index in [1.165, 1.54) is 0 Å². The van der Waals surface area contributed by atoms with Gasteiger partial charge in [0.25, 0.3) is 0 Å². The summed E-state index contributed by atoms with van der Waals surface area (Å²) in [5.74, 6) is 0.810. The number of benzene rings is 1. The highest BCUT2D eigenvalue weighted by molar-refractivity contribution is 5.83. The highest BCUT2D eigenvalue weighted by Crippen LogP contribution is 2.29. The highest BCUT2D eigenvalue weighted by atomic mass is 16.5. The van der Waals surface area contributed by atoms with Crippen LogP contribution in [0.5, 0.6) is 5.75 Å². The second-order valence-electron chi connectivity index (χ2n) is 4.59. The molecule has 0 saturated heterocycles. The zero-order valence-electron chi connectivity index (χ0n) is 12.0. The lowest BCUT2D eigenvalue weighted by atomic mass is 10.0. The molecule has 2 aromatic rings. The van der Waals surface area contributed by atoms with Crippen molar-refractivity contribution in [3.63, 3.8) is 0 Å². The van der Waals surface area contributed by atoms with Crippen LogP contribution in [0, 0.1) is 6.92 Å². The van der Waals surface area contributed by atoms with Crippen LogP contribution in [0.25, 0.3) is 11.0 Å². The number of rotatable bonds is 4. The number of ether oxygens (including phenoxy) is 1. The molecule has 102 valence electrons. The van der Waals surface area contributed by atoms with Crippen LogP contribution in [0.4, 0.5) is 0 Å². The summed E-state index contributed by atoms with van der Waals surface area (Å²) in [6.07, 6.45) is 1.59. The van der Waals surface area contributed by atoms with Crippen molar-refractivity contribution in [2.24, 2.45) is 0 Å². The Morgan fingerprint density at radius 1 is 1.16 bits per heavy atom. The van der Waals surface area contributed by atoms with Crippen molar-refractivity contribution in [1.29, 1.82) is 0 Å². The Bertz CT molecular complexity index is 653. The van der Waals surface area contributed by atoms with Gasteiger partial charge in [-0.05, 0) is 43.9 Å². The second kappa shape index (κ2) is 5.47. The van der Waals surface area contributed by atoms with Gasteiger partial charge >= 0.3 is 5.63 Å². The molecule has 0 bridgehead atoms. The van der Waals surface area contributed by atoms with Crippen LogP contribution in [0.1, 0.15) is 37.5 Å². The van der Waals surface area contributed by atoms with Crippen molar-refractivity contribution in [3.8, 4) is 5.75 Å². The summed E-state index contributed by atoms with van der Waals surface area (Å²) in [6.45, 7) is 8.61. The van der Waals surface area contributed by atoms with E-state index >= 15 is 0 Å². The van der Waals surface area contributed by atoms with Crippen LogP contribution in [-0.2, 0) is 12.8 Å². The molecule has 0 aliphatic heterocycles. The van der Waals surface area contributed by atoms with Gasteiger partial charge in [-0.15, -0.1) is 0 Å². The largest absolute Gasteiger partial charge is 0.493 e. The molecule has 0 aliphatic carbocycles. The summed E-state index contributed by atoms with van der Waals surface area (Å²) in [5.41, 5.74) is 3.30. The molecule has 3 nitrogen and oxygen atoms in total. The maximum Gasteiger partial charge on any atom is 0.339 e. The minimum Gasteiger partial charge on any atom is -0.493 e. The van der Waals surface area contributed by atoms with Gasteiger partial charge in [-0.3, -0.25) is 0 Å². The van der Waals surface area contributed by atoms with Crippen LogP contribution < -0.4 is 10.4 Å². The first kappa shape index (κ1) is 13.7. The lowest BCUT2D eigenvalue weighted by Gasteiger charge is -2.12. The molecule has 0 amide bonds. The van der Waals surface area contributed by atoms with Gasteiger partial charge in [0, 0.05) is 17.0 Å². The van der Waals surface area contributed by atoms with Crippen molar-refractivity contribution in [3.05, 3.63) is 39.2 Å². The molecule has 1 aromatic carbocycles. The number of fused-ring (bicyclic) bond motifs is 1. The summed E-state index contributed by atoms with van der Waals surface area (Å²) in [7, 11) is 0.